The fraction of sp³-hybridized carbons (Fsp3) is 0.300. The average Bonchev–Trinajstić information content (AvgIpc) is 2.27. The number of nitrogens with one attached hydrogen (secondary N) is 1. The molecule has 1 rings (SSSR count). The molecule has 92 valence electrons. The molecule has 0 unspecified atom stereocenters. The SMILES string of the molecule is C[C@@H](CN)NS(=O)(=O)c1ccc(C#N)cc1Cl. The highest BCUT2D eigenvalue weighted by atomic mass is 35.5. The van der Waals surface area contributed by atoms with Crippen LogP contribution in [-0.2, 0) is 10.0 Å². The zero-order valence-electron chi connectivity index (χ0n) is 9.14. The number of nitriles is 1. The van der Waals surface area contributed by atoms with Gasteiger partial charge in [-0.05, 0) is 25.1 Å². The summed E-state index contributed by atoms with van der Waals surface area (Å²) in [4.78, 5) is -0.0570. The highest BCUT2D eigenvalue weighted by molar-refractivity contribution is 7.89. The van der Waals surface area contributed by atoms with Crippen molar-refractivity contribution in [2.24, 2.45) is 5.73 Å². The minimum atomic E-state index is -3.70. The molecule has 0 fully saturated rings. The van der Waals surface area contributed by atoms with Crippen molar-refractivity contribution in [3.8, 4) is 6.07 Å². The van der Waals surface area contributed by atoms with Crippen LogP contribution in [0.1, 0.15) is 12.5 Å². The van der Waals surface area contributed by atoms with E-state index >= 15 is 0 Å². The lowest BCUT2D eigenvalue weighted by atomic mass is 10.2. The Bertz CT molecular complexity index is 551. The summed E-state index contributed by atoms with van der Waals surface area (Å²) in [6.07, 6.45) is 0. The van der Waals surface area contributed by atoms with Crippen LogP contribution in [0.25, 0.3) is 0 Å². The van der Waals surface area contributed by atoms with E-state index in [1.54, 1.807) is 6.92 Å². The molecule has 0 bridgehead atoms. The summed E-state index contributed by atoms with van der Waals surface area (Å²) < 4.78 is 26.2. The zero-order chi connectivity index (χ0) is 13.1. The van der Waals surface area contributed by atoms with E-state index in [4.69, 9.17) is 22.6 Å². The van der Waals surface area contributed by atoms with Crippen LogP contribution < -0.4 is 10.5 Å². The lowest BCUT2D eigenvalue weighted by Crippen LogP contribution is -2.37. The van der Waals surface area contributed by atoms with Gasteiger partial charge in [-0.15, -0.1) is 0 Å². The van der Waals surface area contributed by atoms with Gasteiger partial charge in [0, 0.05) is 12.6 Å². The second-order valence-electron chi connectivity index (χ2n) is 3.52. The molecule has 0 aliphatic heterocycles. The summed E-state index contributed by atoms with van der Waals surface area (Å²) in [5, 5.41) is 8.66. The molecule has 5 nitrogen and oxygen atoms in total. The van der Waals surface area contributed by atoms with Gasteiger partial charge in [0.1, 0.15) is 4.90 Å². The largest absolute Gasteiger partial charge is 0.329 e. The molecular formula is C10H12ClN3O2S. The second-order valence-corrected chi connectivity index (χ2v) is 5.60. The predicted molar refractivity (Wildman–Crippen MR) is 65.0 cm³/mol. The smallest absolute Gasteiger partial charge is 0.242 e. The molecule has 0 spiro atoms. The third-order valence-corrected chi connectivity index (χ3v) is 4.13. The van der Waals surface area contributed by atoms with Gasteiger partial charge >= 0.3 is 0 Å². The predicted octanol–water partition coefficient (Wildman–Crippen LogP) is 0.837. The van der Waals surface area contributed by atoms with Gasteiger partial charge in [-0.1, -0.05) is 11.6 Å². The number of nitrogens with zero attached hydrogens (tertiary/aromatic N) is 1. The first-order valence-electron chi connectivity index (χ1n) is 4.82. The van der Waals surface area contributed by atoms with Gasteiger partial charge in [-0.25, -0.2) is 13.1 Å². The summed E-state index contributed by atoms with van der Waals surface area (Å²) in [6.45, 7) is 1.84. The molecule has 0 aliphatic carbocycles. The van der Waals surface area contributed by atoms with Gasteiger partial charge in [-0.3, -0.25) is 0 Å². The average molecular weight is 274 g/mol. The summed E-state index contributed by atoms with van der Waals surface area (Å²) in [6, 6.07) is 5.50. The van der Waals surface area contributed by atoms with E-state index < -0.39 is 10.0 Å². The maximum atomic E-state index is 11.9. The van der Waals surface area contributed by atoms with E-state index in [2.05, 4.69) is 4.72 Å². The monoisotopic (exact) mass is 273 g/mol. The van der Waals surface area contributed by atoms with Crippen molar-refractivity contribution in [3.05, 3.63) is 28.8 Å². The molecule has 1 aromatic rings. The van der Waals surface area contributed by atoms with Crippen molar-refractivity contribution in [2.45, 2.75) is 17.9 Å². The molecule has 0 saturated carbocycles. The molecule has 0 aromatic heterocycles. The molecular weight excluding hydrogens is 262 g/mol. The Morgan fingerprint density at radius 1 is 1.59 bits per heavy atom. The molecule has 0 aliphatic rings. The number of nitrogens with two attached hydrogens (primary N) is 1. The normalized spacial score (nSPS) is 13.1. The van der Waals surface area contributed by atoms with Crippen molar-refractivity contribution < 1.29 is 8.42 Å². The molecule has 0 heterocycles. The van der Waals surface area contributed by atoms with Crippen LogP contribution in [-0.4, -0.2) is 21.0 Å². The summed E-state index contributed by atoms with van der Waals surface area (Å²) >= 11 is 5.82. The second kappa shape index (κ2) is 5.47. The number of rotatable bonds is 4. The van der Waals surface area contributed by atoms with E-state index in [1.165, 1.54) is 18.2 Å². The zero-order valence-corrected chi connectivity index (χ0v) is 10.7. The molecule has 17 heavy (non-hydrogen) atoms. The Morgan fingerprint density at radius 3 is 2.71 bits per heavy atom. The van der Waals surface area contributed by atoms with Crippen molar-refractivity contribution in [1.29, 1.82) is 5.26 Å². The van der Waals surface area contributed by atoms with E-state index in [1.807, 2.05) is 6.07 Å². The van der Waals surface area contributed by atoms with Crippen LogP contribution in [0.3, 0.4) is 0 Å². The Balaban J connectivity index is 3.13. The van der Waals surface area contributed by atoms with E-state index in [9.17, 15) is 8.42 Å². The van der Waals surface area contributed by atoms with Gasteiger partial charge in [-0.2, -0.15) is 5.26 Å². The number of halogens is 1. The Labute approximate surface area is 105 Å². The Kier molecular flexibility index (Phi) is 4.48. The minimum Gasteiger partial charge on any atom is -0.329 e. The number of hydrogen-bond donors (Lipinski definition) is 2. The standard InChI is InChI=1S/C10H12ClN3O2S/c1-7(5-12)14-17(15,16)10-3-2-8(6-13)4-9(10)11/h2-4,7,14H,5,12H2,1H3/t7-/m0/s1. The van der Waals surface area contributed by atoms with Crippen LogP contribution in [0.5, 0.6) is 0 Å². The molecule has 7 heteroatoms. The fourth-order valence-electron chi connectivity index (χ4n) is 1.16. The van der Waals surface area contributed by atoms with Crippen molar-refractivity contribution in [1.82, 2.24) is 4.72 Å². The molecule has 0 saturated heterocycles. The highest BCUT2D eigenvalue weighted by Gasteiger charge is 2.19. The van der Waals surface area contributed by atoms with Gasteiger partial charge in [0.15, 0.2) is 0 Å². The van der Waals surface area contributed by atoms with Gasteiger partial charge in [0.25, 0.3) is 0 Å². The van der Waals surface area contributed by atoms with Crippen LogP contribution in [0.15, 0.2) is 23.1 Å². The quantitative estimate of drug-likeness (QED) is 0.849. The number of benzene rings is 1. The highest BCUT2D eigenvalue weighted by Crippen LogP contribution is 2.22. The summed E-state index contributed by atoms with van der Waals surface area (Å²) in [7, 11) is -3.70. The lowest BCUT2D eigenvalue weighted by molar-refractivity contribution is 0.563. The maximum Gasteiger partial charge on any atom is 0.242 e. The van der Waals surface area contributed by atoms with Crippen molar-refractivity contribution >= 4 is 21.6 Å². The van der Waals surface area contributed by atoms with E-state index in [-0.39, 0.29) is 22.5 Å². The summed E-state index contributed by atoms with van der Waals surface area (Å²) in [5.74, 6) is 0. The fourth-order valence-corrected chi connectivity index (χ4v) is 2.97. The first kappa shape index (κ1) is 13.9. The first-order valence-corrected chi connectivity index (χ1v) is 6.69. The summed E-state index contributed by atoms with van der Waals surface area (Å²) in [5.41, 5.74) is 5.64. The molecule has 3 N–H and O–H groups in total. The maximum absolute atomic E-state index is 11.9. The molecule has 0 amide bonds. The van der Waals surface area contributed by atoms with Crippen LogP contribution in [0.2, 0.25) is 5.02 Å². The Morgan fingerprint density at radius 2 is 2.24 bits per heavy atom. The van der Waals surface area contributed by atoms with Gasteiger partial charge in [0.05, 0.1) is 16.7 Å². The van der Waals surface area contributed by atoms with Crippen LogP contribution in [0, 0.1) is 11.3 Å². The van der Waals surface area contributed by atoms with Crippen molar-refractivity contribution in [3.63, 3.8) is 0 Å². The molecule has 1 aromatic carbocycles. The third-order valence-electron chi connectivity index (χ3n) is 2.06. The van der Waals surface area contributed by atoms with Crippen LogP contribution in [0.4, 0.5) is 0 Å². The minimum absolute atomic E-state index is 0.0146. The topological polar surface area (TPSA) is 96.0 Å². The Hall–Kier alpha value is -1.13. The molecule has 0 radical (unpaired) electrons. The van der Waals surface area contributed by atoms with Gasteiger partial charge < -0.3 is 5.73 Å². The number of hydrogen-bond acceptors (Lipinski definition) is 4. The number of sulfonamides is 1. The lowest BCUT2D eigenvalue weighted by Gasteiger charge is -2.12. The molecule has 1 atom stereocenters. The van der Waals surface area contributed by atoms with Crippen LogP contribution >= 0.6 is 11.6 Å². The van der Waals surface area contributed by atoms with Gasteiger partial charge in [0.2, 0.25) is 10.0 Å². The first-order chi connectivity index (χ1) is 7.90. The third kappa shape index (κ3) is 3.41. The van der Waals surface area contributed by atoms with Crippen molar-refractivity contribution in [2.75, 3.05) is 6.54 Å². The van der Waals surface area contributed by atoms with E-state index in [0.29, 0.717) is 5.56 Å². The van der Waals surface area contributed by atoms with E-state index in [0.717, 1.165) is 0 Å².